The highest BCUT2D eigenvalue weighted by Gasteiger charge is 2.42. The average Bonchev–Trinajstić information content (AvgIpc) is 3.28. The summed E-state index contributed by atoms with van der Waals surface area (Å²) < 4.78 is 6.21. The zero-order valence-electron chi connectivity index (χ0n) is 20.6. The number of pyridine rings is 1. The van der Waals surface area contributed by atoms with Crippen LogP contribution in [0, 0.1) is 17.8 Å². The second kappa shape index (κ2) is 11.7. The Morgan fingerprint density at radius 1 is 1.06 bits per heavy atom. The molecule has 8 heteroatoms. The van der Waals surface area contributed by atoms with Gasteiger partial charge in [-0.25, -0.2) is 4.98 Å². The van der Waals surface area contributed by atoms with Crippen molar-refractivity contribution in [3.05, 3.63) is 57.2 Å². The fourth-order valence-corrected chi connectivity index (χ4v) is 5.85. The number of halogens is 3. The Morgan fingerprint density at radius 3 is 2.43 bits per heavy atom. The van der Waals surface area contributed by atoms with Crippen molar-refractivity contribution in [1.29, 1.82) is 0 Å². The number of likely N-dealkylation sites (tertiary alicyclic amines) is 2. The SMILES string of the molecule is CC(C)CN1CCC(C(=O)N2C[C@H]([C@H](C)Oc3ccc(Cl)cn3)[C@@H](c3ccc(Cl)c(Cl)c3)C2)CC1. The van der Waals surface area contributed by atoms with Gasteiger partial charge in [-0.2, -0.15) is 0 Å². The van der Waals surface area contributed by atoms with E-state index in [1.165, 1.54) is 0 Å². The van der Waals surface area contributed by atoms with Gasteiger partial charge in [0.2, 0.25) is 11.8 Å². The van der Waals surface area contributed by atoms with Gasteiger partial charge in [-0.05, 0) is 62.5 Å². The van der Waals surface area contributed by atoms with Crippen molar-refractivity contribution in [2.24, 2.45) is 17.8 Å². The van der Waals surface area contributed by atoms with E-state index in [1.807, 2.05) is 30.0 Å². The van der Waals surface area contributed by atoms with E-state index in [2.05, 4.69) is 23.7 Å². The van der Waals surface area contributed by atoms with Crippen molar-refractivity contribution >= 4 is 40.7 Å². The van der Waals surface area contributed by atoms with Crippen LogP contribution in [-0.2, 0) is 4.79 Å². The number of carbonyl (C=O) groups excluding carboxylic acids is 1. The summed E-state index contributed by atoms with van der Waals surface area (Å²) in [6.45, 7) is 10.9. The third-order valence-electron chi connectivity index (χ3n) is 7.22. The highest BCUT2D eigenvalue weighted by molar-refractivity contribution is 6.42. The summed E-state index contributed by atoms with van der Waals surface area (Å²) in [7, 11) is 0. The second-order valence-corrected chi connectivity index (χ2v) is 11.5. The standard InChI is InChI=1S/C27H34Cl3N3O2/c1-17(2)14-32-10-8-19(9-11-32)27(34)33-15-22(18(3)35-26-7-5-21(28)13-31-26)23(16-33)20-4-6-24(29)25(30)12-20/h4-7,12-13,17-19,22-23H,8-11,14-16H2,1-3H3/t18-,22+,23+/m0/s1. The normalized spacial score (nSPS) is 22.5. The topological polar surface area (TPSA) is 45.7 Å². The number of benzene rings is 1. The molecule has 0 aliphatic carbocycles. The van der Waals surface area contributed by atoms with Gasteiger partial charge in [-0.15, -0.1) is 0 Å². The molecule has 3 atom stereocenters. The molecule has 1 aromatic heterocycles. The smallest absolute Gasteiger partial charge is 0.225 e. The minimum absolute atomic E-state index is 0.0841. The molecule has 5 nitrogen and oxygen atoms in total. The van der Waals surface area contributed by atoms with E-state index in [9.17, 15) is 4.79 Å². The molecule has 0 spiro atoms. The van der Waals surface area contributed by atoms with E-state index in [0.717, 1.165) is 38.0 Å². The molecule has 0 unspecified atom stereocenters. The molecular formula is C27H34Cl3N3O2. The van der Waals surface area contributed by atoms with Crippen LogP contribution in [0.4, 0.5) is 0 Å². The van der Waals surface area contributed by atoms with Crippen LogP contribution in [0.1, 0.15) is 45.1 Å². The van der Waals surface area contributed by atoms with Crippen molar-refractivity contribution in [2.45, 2.75) is 45.6 Å². The van der Waals surface area contributed by atoms with Crippen LogP contribution in [0.3, 0.4) is 0 Å². The van der Waals surface area contributed by atoms with E-state index < -0.39 is 0 Å². The molecule has 2 aliphatic heterocycles. The van der Waals surface area contributed by atoms with Crippen molar-refractivity contribution < 1.29 is 9.53 Å². The molecule has 0 saturated carbocycles. The maximum atomic E-state index is 13.6. The molecule has 0 radical (unpaired) electrons. The van der Waals surface area contributed by atoms with Gasteiger partial charge in [0, 0.05) is 49.7 Å². The van der Waals surface area contributed by atoms with Gasteiger partial charge in [0.05, 0.1) is 15.1 Å². The van der Waals surface area contributed by atoms with E-state index in [-0.39, 0.29) is 29.8 Å². The zero-order chi connectivity index (χ0) is 25.1. The number of amides is 1. The van der Waals surface area contributed by atoms with Crippen LogP contribution in [0.25, 0.3) is 0 Å². The molecule has 0 N–H and O–H groups in total. The van der Waals surface area contributed by atoms with Gasteiger partial charge in [0.25, 0.3) is 0 Å². The molecule has 1 amide bonds. The molecule has 0 bridgehead atoms. The Hall–Kier alpha value is -1.53. The maximum absolute atomic E-state index is 13.6. The number of rotatable bonds is 7. The Kier molecular flexibility index (Phi) is 8.85. The Labute approximate surface area is 223 Å². The lowest BCUT2D eigenvalue weighted by atomic mass is 9.86. The van der Waals surface area contributed by atoms with Gasteiger partial charge < -0.3 is 14.5 Å². The first-order valence-electron chi connectivity index (χ1n) is 12.5. The summed E-state index contributed by atoms with van der Waals surface area (Å²) in [6.07, 6.45) is 3.26. The van der Waals surface area contributed by atoms with Crippen molar-refractivity contribution in [3.63, 3.8) is 0 Å². The first-order valence-corrected chi connectivity index (χ1v) is 13.6. The summed E-state index contributed by atoms with van der Waals surface area (Å²) >= 11 is 18.5. The van der Waals surface area contributed by atoms with Crippen LogP contribution < -0.4 is 4.74 Å². The fourth-order valence-electron chi connectivity index (χ4n) is 5.43. The number of carbonyl (C=O) groups is 1. The Morgan fingerprint density at radius 2 is 1.80 bits per heavy atom. The average molecular weight is 539 g/mol. The van der Waals surface area contributed by atoms with E-state index >= 15 is 0 Å². The predicted octanol–water partition coefficient (Wildman–Crippen LogP) is 6.42. The van der Waals surface area contributed by atoms with E-state index in [0.29, 0.717) is 40.0 Å². The van der Waals surface area contributed by atoms with E-state index in [1.54, 1.807) is 18.3 Å². The van der Waals surface area contributed by atoms with E-state index in [4.69, 9.17) is 39.5 Å². The third kappa shape index (κ3) is 6.62. The van der Waals surface area contributed by atoms with Crippen LogP contribution in [0.2, 0.25) is 15.1 Å². The number of aromatic nitrogens is 1. The zero-order valence-corrected chi connectivity index (χ0v) is 22.9. The number of ether oxygens (including phenoxy) is 1. The highest BCUT2D eigenvalue weighted by atomic mass is 35.5. The molecular weight excluding hydrogens is 505 g/mol. The fraction of sp³-hybridized carbons (Fsp3) is 0.556. The minimum Gasteiger partial charge on any atom is -0.474 e. The highest BCUT2D eigenvalue weighted by Crippen LogP contribution is 2.39. The summed E-state index contributed by atoms with van der Waals surface area (Å²) in [5.74, 6) is 1.70. The summed E-state index contributed by atoms with van der Waals surface area (Å²) in [5.41, 5.74) is 1.07. The molecule has 1 aromatic carbocycles. The first-order chi connectivity index (χ1) is 16.7. The van der Waals surface area contributed by atoms with Crippen LogP contribution in [0.15, 0.2) is 36.5 Å². The largest absolute Gasteiger partial charge is 0.474 e. The Balaban J connectivity index is 1.49. The number of nitrogens with zero attached hydrogens (tertiary/aromatic N) is 3. The van der Waals surface area contributed by atoms with Gasteiger partial charge in [0.15, 0.2) is 0 Å². The van der Waals surface area contributed by atoms with Crippen LogP contribution in [-0.4, -0.2) is 59.5 Å². The summed E-state index contributed by atoms with van der Waals surface area (Å²) in [4.78, 5) is 22.4. The summed E-state index contributed by atoms with van der Waals surface area (Å²) in [5, 5.41) is 1.62. The molecule has 2 aromatic rings. The minimum atomic E-state index is -0.159. The second-order valence-electron chi connectivity index (χ2n) is 10.3. The monoisotopic (exact) mass is 537 g/mol. The number of hydrogen-bond donors (Lipinski definition) is 0. The van der Waals surface area contributed by atoms with Crippen molar-refractivity contribution in [3.8, 4) is 5.88 Å². The van der Waals surface area contributed by atoms with Gasteiger partial charge in [-0.1, -0.05) is 54.7 Å². The molecule has 35 heavy (non-hydrogen) atoms. The van der Waals surface area contributed by atoms with Crippen LogP contribution >= 0.6 is 34.8 Å². The number of hydrogen-bond acceptors (Lipinski definition) is 4. The van der Waals surface area contributed by atoms with Gasteiger partial charge >= 0.3 is 0 Å². The third-order valence-corrected chi connectivity index (χ3v) is 8.18. The lowest BCUT2D eigenvalue weighted by molar-refractivity contribution is -0.136. The lowest BCUT2D eigenvalue weighted by Crippen LogP contribution is -2.43. The van der Waals surface area contributed by atoms with Crippen LogP contribution in [0.5, 0.6) is 5.88 Å². The first kappa shape index (κ1) is 26.5. The molecule has 190 valence electrons. The summed E-state index contributed by atoms with van der Waals surface area (Å²) in [6, 6.07) is 9.31. The molecule has 2 aliphatic rings. The van der Waals surface area contributed by atoms with Gasteiger partial charge in [0.1, 0.15) is 6.10 Å². The molecule has 2 saturated heterocycles. The van der Waals surface area contributed by atoms with Gasteiger partial charge in [-0.3, -0.25) is 4.79 Å². The maximum Gasteiger partial charge on any atom is 0.225 e. The van der Waals surface area contributed by atoms with Crippen molar-refractivity contribution in [2.75, 3.05) is 32.7 Å². The predicted molar refractivity (Wildman–Crippen MR) is 143 cm³/mol. The quantitative estimate of drug-likeness (QED) is 0.408. The Bertz CT molecular complexity index is 1010. The number of piperidine rings is 1. The molecule has 2 fully saturated rings. The molecule has 3 heterocycles. The lowest BCUT2D eigenvalue weighted by Gasteiger charge is -2.34. The van der Waals surface area contributed by atoms with Crippen molar-refractivity contribution in [1.82, 2.24) is 14.8 Å². The molecule has 4 rings (SSSR count).